The lowest BCUT2D eigenvalue weighted by atomic mass is 10.2. The van der Waals surface area contributed by atoms with E-state index in [1.807, 2.05) is 36.4 Å². The molecule has 32 heavy (non-hydrogen) atoms. The molecule has 1 unspecified atom stereocenters. The van der Waals surface area contributed by atoms with Gasteiger partial charge in [0.1, 0.15) is 5.82 Å². The minimum absolute atomic E-state index is 0.0769. The third-order valence-corrected chi connectivity index (χ3v) is 6.14. The minimum atomic E-state index is -0.483. The van der Waals surface area contributed by atoms with Crippen LogP contribution in [0, 0.1) is 5.82 Å². The maximum absolute atomic E-state index is 13.5. The summed E-state index contributed by atoms with van der Waals surface area (Å²) >= 11 is 1.21. The second kappa shape index (κ2) is 9.36. The molecule has 0 aliphatic heterocycles. The van der Waals surface area contributed by atoms with Gasteiger partial charge in [0.05, 0.1) is 21.8 Å². The van der Waals surface area contributed by atoms with Crippen LogP contribution in [0.25, 0.3) is 16.6 Å². The summed E-state index contributed by atoms with van der Waals surface area (Å²) in [5.41, 5.74) is 1.82. The van der Waals surface area contributed by atoms with Crippen LogP contribution in [0.15, 0.2) is 88.8 Å². The maximum Gasteiger partial charge on any atom is 0.266 e. The largest absolute Gasteiger partial charge is 0.340 e. The average Bonchev–Trinajstić information content (AvgIpc) is 2.80. The van der Waals surface area contributed by atoms with Crippen molar-refractivity contribution in [1.29, 1.82) is 0 Å². The Bertz CT molecular complexity index is 1310. The molecule has 5 nitrogen and oxygen atoms in total. The molecule has 0 radical (unpaired) electrons. The summed E-state index contributed by atoms with van der Waals surface area (Å²) in [6.07, 6.45) is 0. The first-order valence-corrected chi connectivity index (χ1v) is 11.1. The van der Waals surface area contributed by atoms with E-state index in [0.717, 1.165) is 5.56 Å². The first-order valence-electron chi connectivity index (χ1n) is 10.2. The van der Waals surface area contributed by atoms with E-state index in [1.54, 1.807) is 37.1 Å². The number of rotatable bonds is 6. The first kappa shape index (κ1) is 21.8. The van der Waals surface area contributed by atoms with E-state index in [-0.39, 0.29) is 11.5 Å². The van der Waals surface area contributed by atoms with Crippen molar-refractivity contribution in [3.8, 4) is 5.69 Å². The molecule has 0 fully saturated rings. The van der Waals surface area contributed by atoms with Gasteiger partial charge in [0.2, 0.25) is 5.91 Å². The number of hydrogen-bond acceptors (Lipinski definition) is 4. The number of amides is 1. The summed E-state index contributed by atoms with van der Waals surface area (Å²) in [6.45, 7) is 2.28. The molecular formula is C25H22FN3O2S. The fraction of sp³-hybridized carbons (Fsp3) is 0.160. The highest BCUT2D eigenvalue weighted by Crippen LogP contribution is 2.26. The third kappa shape index (κ3) is 4.57. The van der Waals surface area contributed by atoms with Crippen LogP contribution < -0.4 is 5.56 Å². The molecular weight excluding hydrogens is 425 g/mol. The molecule has 3 aromatic carbocycles. The quantitative estimate of drug-likeness (QED) is 0.319. The van der Waals surface area contributed by atoms with E-state index in [2.05, 4.69) is 4.98 Å². The van der Waals surface area contributed by atoms with Gasteiger partial charge in [0, 0.05) is 13.6 Å². The molecule has 0 saturated heterocycles. The first-order chi connectivity index (χ1) is 15.4. The Balaban J connectivity index is 1.68. The molecule has 0 bridgehead atoms. The van der Waals surface area contributed by atoms with Crippen molar-refractivity contribution in [2.24, 2.45) is 0 Å². The topological polar surface area (TPSA) is 55.2 Å². The van der Waals surface area contributed by atoms with Gasteiger partial charge in [-0.1, -0.05) is 54.2 Å². The molecule has 1 amide bonds. The molecule has 0 saturated carbocycles. The summed E-state index contributed by atoms with van der Waals surface area (Å²) in [5, 5.41) is 0.360. The van der Waals surface area contributed by atoms with Gasteiger partial charge < -0.3 is 4.90 Å². The van der Waals surface area contributed by atoms with Crippen molar-refractivity contribution >= 4 is 28.6 Å². The molecule has 1 aromatic heterocycles. The van der Waals surface area contributed by atoms with Crippen molar-refractivity contribution in [3.05, 3.63) is 101 Å². The molecule has 162 valence electrons. The second-order valence-electron chi connectivity index (χ2n) is 7.47. The Morgan fingerprint density at radius 1 is 1.03 bits per heavy atom. The number of fused-ring (bicyclic) bond motifs is 1. The smallest absolute Gasteiger partial charge is 0.266 e. The van der Waals surface area contributed by atoms with Crippen molar-refractivity contribution < 1.29 is 9.18 Å². The van der Waals surface area contributed by atoms with E-state index in [4.69, 9.17) is 0 Å². The predicted octanol–water partition coefficient (Wildman–Crippen LogP) is 4.66. The SMILES string of the molecule is CC(Sc1nc2ccccc2c(=O)n1-c1ccc(F)cc1)C(=O)N(C)Cc1ccccc1. The monoisotopic (exact) mass is 447 g/mol. The van der Waals surface area contributed by atoms with Crippen LogP contribution in [0.1, 0.15) is 12.5 Å². The summed E-state index contributed by atoms with van der Waals surface area (Å²) < 4.78 is 14.9. The summed E-state index contributed by atoms with van der Waals surface area (Å²) in [5.74, 6) is -0.470. The van der Waals surface area contributed by atoms with Crippen LogP contribution >= 0.6 is 11.8 Å². The Labute approximate surface area is 189 Å². The Morgan fingerprint density at radius 2 is 1.69 bits per heavy atom. The van der Waals surface area contributed by atoms with Crippen molar-refractivity contribution in [3.63, 3.8) is 0 Å². The number of carbonyl (C=O) groups excluding carboxylic acids is 1. The van der Waals surface area contributed by atoms with Crippen molar-refractivity contribution in [2.45, 2.75) is 23.9 Å². The van der Waals surface area contributed by atoms with E-state index < -0.39 is 11.1 Å². The van der Waals surface area contributed by atoms with Crippen LogP contribution in [0.5, 0.6) is 0 Å². The lowest BCUT2D eigenvalue weighted by Gasteiger charge is -2.22. The molecule has 0 aliphatic rings. The number of para-hydroxylation sites is 1. The molecule has 4 rings (SSSR count). The van der Waals surface area contributed by atoms with E-state index >= 15 is 0 Å². The number of hydrogen-bond donors (Lipinski definition) is 0. The molecule has 7 heteroatoms. The Hall–Kier alpha value is -3.45. The van der Waals surface area contributed by atoms with Crippen LogP contribution in [0.4, 0.5) is 4.39 Å². The van der Waals surface area contributed by atoms with Gasteiger partial charge in [-0.15, -0.1) is 0 Å². The number of halogens is 1. The van der Waals surface area contributed by atoms with Crippen molar-refractivity contribution in [2.75, 3.05) is 7.05 Å². The average molecular weight is 448 g/mol. The minimum Gasteiger partial charge on any atom is -0.340 e. The standard InChI is InChI=1S/C25H22FN3O2S/c1-17(23(30)28(2)16-18-8-4-3-5-9-18)32-25-27-22-11-7-6-10-21(22)24(31)29(25)20-14-12-19(26)13-15-20/h3-15,17H,16H2,1-2H3. The number of aromatic nitrogens is 2. The highest BCUT2D eigenvalue weighted by Gasteiger charge is 2.23. The van der Waals surface area contributed by atoms with Crippen molar-refractivity contribution in [1.82, 2.24) is 14.5 Å². The fourth-order valence-electron chi connectivity index (χ4n) is 3.46. The van der Waals surface area contributed by atoms with Gasteiger partial charge >= 0.3 is 0 Å². The fourth-order valence-corrected chi connectivity index (χ4v) is 4.51. The van der Waals surface area contributed by atoms with E-state index in [0.29, 0.717) is 28.3 Å². The van der Waals surface area contributed by atoms with Crippen LogP contribution in [-0.4, -0.2) is 32.7 Å². The highest BCUT2D eigenvalue weighted by molar-refractivity contribution is 8.00. The summed E-state index contributed by atoms with van der Waals surface area (Å²) in [4.78, 5) is 32.6. The van der Waals surface area contributed by atoms with Crippen LogP contribution in [0.3, 0.4) is 0 Å². The van der Waals surface area contributed by atoms with Crippen LogP contribution in [0.2, 0.25) is 0 Å². The molecule has 0 spiro atoms. The second-order valence-corrected chi connectivity index (χ2v) is 8.78. The number of benzene rings is 3. The lowest BCUT2D eigenvalue weighted by molar-refractivity contribution is -0.129. The summed E-state index contributed by atoms with van der Waals surface area (Å²) in [6, 6.07) is 22.5. The number of carbonyl (C=O) groups is 1. The highest BCUT2D eigenvalue weighted by atomic mass is 32.2. The van der Waals surface area contributed by atoms with E-state index in [1.165, 1.54) is 40.6 Å². The van der Waals surface area contributed by atoms with Gasteiger partial charge in [-0.25, -0.2) is 9.37 Å². The van der Waals surface area contributed by atoms with Gasteiger partial charge in [-0.3, -0.25) is 14.2 Å². The lowest BCUT2D eigenvalue weighted by Crippen LogP contribution is -2.33. The predicted molar refractivity (Wildman–Crippen MR) is 126 cm³/mol. The van der Waals surface area contributed by atoms with Gasteiger partial charge in [0.25, 0.3) is 5.56 Å². The number of thioether (sulfide) groups is 1. The molecule has 1 atom stereocenters. The molecule has 1 heterocycles. The number of nitrogens with zero attached hydrogens (tertiary/aromatic N) is 3. The zero-order valence-corrected chi connectivity index (χ0v) is 18.6. The van der Waals surface area contributed by atoms with Gasteiger partial charge in [-0.2, -0.15) is 0 Å². The van der Waals surface area contributed by atoms with Gasteiger partial charge in [0.15, 0.2) is 5.16 Å². The Morgan fingerprint density at radius 3 is 2.41 bits per heavy atom. The Kier molecular flexibility index (Phi) is 6.37. The molecule has 4 aromatic rings. The van der Waals surface area contributed by atoms with E-state index in [9.17, 15) is 14.0 Å². The molecule has 0 N–H and O–H groups in total. The normalized spacial score (nSPS) is 12.0. The molecule has 0 aliphatic carbocycles. The maximum atomic E-state index is 13.5. The van der Waals surface area contributed by atoms with Gasteiger partial charge in [-0.05, 0) is 48.9 Å². The zero-order chi connectivity index (χ0) is 22.7. The summed E-state index contributed by atoms with van der Waals surface area (Å²) in [7, 11) is 1.76. The third-order valence-electron chi connectivity index (χ3n) is 5.10. The van der Waals surface area contributed by atoms with Crippen LogP contribution in [-0.2, 0) is 11.3 Å². The zero-order valence-electron chi connectivity index (χ0n) is 17.7.